The van der Waals surface area contributed by atoms with Crippen LogP contribution in [0.3, 0.4) is 0 Å². The zero-order valence-corrected chi connectivity index (χ0v) is 12.0. The zero-order chi connectivity index (χ0) is 14.7. The second kappa shape index (κ2) is 5.91. The number of anilines is 1. The maximum atomic E-state index is 9.08. The monoisotopic (exact) mass is 308 g/mol. The van der Waals surface area contributed by atoms with E-state index in [-0.39, 0.29) is 0 Å². The Balaban J connectivity index is 2.44. The average Bonchev–Trinajstić information content (AvgIpc) is 2.44. The molecule has 0 atom stereocenters. The minimum absolute atomic E-state index is 0.317. The van der Waals surface area contributed by atoms with Crippen molar-refractivity contribution in [1.82, 2.24) is 0 Å². The van der Waals surface area contributed by atoms with Crippen molar-refractivity contribution in [3.05, 3.63) is 45.9 Å². The van der Waals surface area contributed by atoms with E-state index in [0.29, 0.717) is 38.5 Å². The van der Waals surface area contributed by atoms with Gasteiger partial charge in [-0.25, -0.2) is 0 Å². The fourth-order valence-electron chi connectivity index (χ4n) is 1.56. The molecule has 0 amide bonds. The van der Waals surface area contributed by atoms with Crippen LogP contribution in [-0.2, 0) is 0 Å². The number of ether oxygens (including phenoxy) is 2. The fraction of sp³-hybridized carbons (Fsp3) is 0.0714. The Kier molecular flexibility index (Phi) is 4.23. The lowest BCUT2D eigenvalue weighted by Crippen LogP contribution is -1.95. The lowest BCUT2D eigenvalue weighted by Gasteiger charge is -2.12. The molecule has 102 valence electrons. The number of benzene rings is 2. The number of methoxy groups -OCH3 is 1. The molecule has 20 heavy (non-hydrogen) atoms. The molecule has 2 rings (SSSR count). The van der Waals surface area contributed by atoms with E-state index in [1.54, 1.807) is 18.2 Å². The number of nitrogens with zero attached hydrogens (tertiary/aromatic N) is 1. The third-order valence-corrected chi connectivity index (χ3v) is 3.30. The molecule has 0 bridgehead atoms. The quantitative estimate of drug-likeness (QED) is 0.861. The van der Waals surface area contributed by atoms with Crippen LogP contribution in [0.2, 0.25) is 10.0 Å². The smallest absolute Gasteiger partial charge is 0.151 e. The lowest BCUT2D eigenvalue weighted by molar-refractivity contribution is 0.409. The topological polar surface area (TPSA) is 68.3 Å². The molecule has 6 heteroatoms. The van der Waals surface area contributed by atoms with Gasteiger partial charge in [-0.15, -0.1) is 0 Å². The van der Waals surface area contributed by atoms with Gasteiger partial charge in [0.05, 0.1) is 28.4 Å². The summed E-state index contributed by atoms with van der Waals surface area (Å²) in [5, 5.41) is 9.73. The lowest BCUT2D eigenvalue weighted by atomic mass is 10.2. The highest BCUT2D eigenvalue weighted by Gasteiger charge is 2.11. The van der Waals surface area contributed by atoms with Crippen molar-refractivity contribution >= 4 is 28.9 Å². The van der Waals surface area contributed by atoms with Crippen LogP contribution in [0.4, 0.5) is 5.69 Å². The number of halogens is 2. The van der Waals surface area contributed by atoms with Gasteiger partial charge in [0, 0.05) is 12.1 Å². The predicted molar refractivity (Wildman–Crippen MR) is 78.7 cm³/mol. The van der Waals surface area contributed by atoms with Crippen LogP contribution >= 0.6 is 23.2 Å². The van der Waals surface area contributed by atoms with E-state index < -0.39 is 0 Å². The molecule has 0 heterocycles. The first kappa shape index (κ1) is 14.3. The van der Waals surface area contributed by atoms with Gasteiger partial charge in [0.2, 0.25) is 0 Å². The maximum Gasteiger partial charge on any atom is 0.151 e. The van der Waals surface area contributed by atoms with Gasteiger partial charge in [0.15, 0.2) is 5.75 Å². The normalized spacial score (nSPS) is 9.90. The Morgan fingerprint density at radius 2 is 1.80 bits per heavy atom. The van der Waals surface area contributed by atoms with E-state index in [4.69, 9.17) is 43.7 Å². The van der Waals surface area contributed by atoms with E-state index in [0.717, 1.165) is 0 Å². The van der Waals surface area contributed by atoms with E-state index in [9.17, 15) is 0 Å². The van der Waals surface area contributed by atoms with Crippen molar-refractivity contribution in [2.45, 2.75) is 0 Å². The Hall–Kier alpha value is -2.09. The van der Waals surface area contributed by atoms with Gasteiger partial charge in [-0.2, -0.15) is 5.26 Å². The van der Waals surface area contributed by atoms with Crippen molar-refractivity contribution in [2.75, 3.05) is 12.8 Å². The predicted octanol–water partition coefficient (Wildman–Crippen LogP) is 4.25. The van der Waals surface area contributed by atoms with Crippen molar-refractivity contribution in [3.8, 4) is 23.3 Å². The summed E-state index contributed by atoms with van der Waals surface area (Å²) in [5.74, 6) is 1.22. The highest BCUT2D eigenvalue weighted by atomic mass is 35.5. The second-order valence-electron chi connectivity index (χ2n) is 3.88. The summed E-state index contributed by atoms with van der Waals surface area (Å²) in [5.41, 5.74) is 6.50. The number of nitrogens with two attached hydrogens (primary N) is 1. The van der Waals surface area contributed by atoms with Crippen molar-refractivity contribution < 1.29 is 9.47 Å². The van der Waals surface area contributed by atoms with E-state index in [1.807, 2.05) is 6.07 Å². The standard InChI is InChI=1S/C14H10Cl2N2O2/c1-19-9-3-2-8(7-17)13(4-9)20-14-6-11(16)10(15)5-12(14)18/h2-6H,18H2,1H3. The SMILES string of the molecule is COc1ccc(C#N)c(Oc2cc(Cl)c(Cl)cc2N)c1. The molecule has 0 unspecified atom stereocenters. The maximum absolute atomic E-state index is 9.08. The van der Waals surface area contributed by atoms with Gasteiger partial charge >= 0.3 is 0 Å². The summed E-state index contributed by atoms with van der Waals surface area (Å²) < 4.78 is 10.7. The number of rotatable bonds is 3. The number of nitrogen functional groups attached to an aromatic ring is 1. The van der Waals surface area contributed by atoms with Gasteiger partial charge in [0.1, 0.15) is 17.6 Å². The molecular formula is C14H10Cl2N2O2. The summed E-state index contributed by atoms with van der Waals surface area (Å²) in [4.78, 5) is 0. The van der Waals surface area contributed by atoms with Gasteiger partial charge < -0.3 is 15.2 Å². The van der Waals surface area contributed by atoms with Gasteiger partial charge in [0.25, 0.3) is 0 Å². The molecule has 0 aliphatic rings. The molecule has 0 spiro atoms. The van der Waals surface area contributed by atoms with Crippen LogP contribution in [0.15, 0.2) is 30.3 Å². The first-order valence-corrected chi connectivity index (χ1v) is 6.31. The highest BCUT2D eigenvalue weighted by Crippen LogP contribution is 2.36. The van der Waals surface area contributed by atoms with Gasteiger partial charge in [-0.05, 0) is 18.2 Å². The molecule has 0 aliphatic heterocycles. The third kappa shape index (κ3) is 2.90. The van der Waals surface area contributed by atoms with E-state index >= 15 is 0 Å². The molecular weight excluding hydrogens is 299 g/mol. The van der Waals surface area contributed by atoms with Gasteiger partial charge in [-0.3, -0.25) is 0 Å². The third-order valence-electron chi connectivity index (χ3n) is 2.58. The van der Waals surface area contributed by atoms with Crippen LogP contribution in [0, 0.1) is 11.3 Å². The molecule has 0 aliphatic carbocycles. The van der Waals surface area contributed by atoms with Crippen LogP contribution in [0.1, 0.15) is 5.56 Å². The number of nitriles is 1. The summed E-state index contributed by atoms with van der Waals surface area (Å²) >= 11 is 11.8. The highest BCUT2D eigenvalue weighted by molar-refractivity contribution is 6.42. The van der Waals surface area contributed by atoms with Crippen LogP contribution in [0.25, 0.3) is 0 Å². The van der Waals surface area contributed by atoms with Crippen LogP contribution in [-0.4, -0.2) is 7.11 Å². The Morgan fingerprint density at radius 3 is 2.45 bits per heavy atom. The summed E-state index contributed by atoms with van der Waals surface area (Å²) in [6.45, 7) is 0. The minimum atomic E-state index is 0.317. The summed E-state index contributed by atoms with van der Waals surface area (Å²) in [7, 11) is 1.53. The van der Waals surface area contributed by atoms with E-state index in [2.05, 4.69) is 0 Å². The molecule has 0 radical (unpaired) electrons. The molecule has 0 aromatic heterocycles. The Bertz CT molecular complexity index is 696. The first-order chi connectivity index (χ1) is 9.55. The van der Waals surface area contributed by atoms with E-state index in [1.165, 1.54) is 19.2 Å². The summed E-state index contributed by atoms with van der Waals surface area (Å²) in [6.07, 6.45) is 0. The molecule has 0 fully saturated rings. The van der Waals surface area contributed by atoms with Crippen molar-refractivity contribution in [1.29, 1.82) is 5.26 Å². The fourth-order valence-corrected chi connectivity index (χ4v) is 1.88. The zero-order valence-electron chi connectivity index (χ0n) is 10.5. The second-order valence-corrected chi connectivity index (χ2v) is 4.69. The molecule has 2 aromatic rings. The molecule has 2 N–H and O–H groups in total. The first-order valence-electron chi connectivity index (χ1n) is 5.55. The molecule has 0 saturated carbocycles. The largest absolute Gasteiger partial charge is 0.497 e. The Labute approximate surface area is 126 Å². The molecule has 0 saturated heterocycles. The number of hydrogen-bond donors (Lipinski definition) is 1. The van der Waals surface area contributed by atoms with Crippen LogP contribution in [0.5, 0.6) is 17.2 Å². The Morgan fingerprint density at radius 1 is 1.10 bits per heavy atom. The average molecular weight is 309 g/mol. The summed E-state index contributed by atoms with van der Waals surface area (Å²) in [6, 6.07) is 9.89. The molecule has 4 nitrogen and oxygen atoms in total. The van der Waals surface area contributed by atoms with Crippen molar-refractivity contribution in [3.63, 3.8) is 0 Å². The van der Waals surface area contributed by atoms with Gasteiger partial charge in [-0.1, -0.05) is 23.2 Å². The number of hydrogen-bond acceptors (Lipinski definition) is 4. The van der Waals surface area contributed by atoms with Crippen LogP contribution < -0.4 is 15.2 Å². The van der Waals surface area contributed by atoms with Crippen molar-refractivity contribution in [2.24, 2.45) is 0 Å². The minimum Gasteiger partial charge on any atom is -0.497 e. The molecule has 2 aromatic carbocycles.